The molecule has 0 nitrogen and oxygen atoms in total. The maximum absolute atomic E-state index is 2.32. The first kappa shape index (κ1) is 9.57. The molecule has 0 aromatic heterocycles. The normalized spacial score (nSPS) is 24.0. The van der Waals surface area contributed by atoms with Crippen LogP contribution in [0.2, 0.25) is 0 Å². The molecule has 0 N–H and O–H groups in total. The smallest absolute Gasteiger partial charge is 0.0194 e. The van der Waals surface area contributed by atoms with Crippen LogP contribution in [0.15, 0.2) is 23.8 Å². The molecule has 0 unspecified atom stereocenters. The molecule has 12 heavy (non-hydrogen) atoms. The second-order valence-electron chi connectivity index (χ2n) is 5.04. The lowest BCUT2D eigenvalue weighted by molar-refractivity contribution is 0.390. The van der Waals surface area contributed by atoms with Gasteiger partial charge in [0.05, 0.1) is 0 Å². The predicted octanol–water partition coefficient (Wildman–Crippen LogP) is 3.95. The second kappa shape index (κ2) is 3.47. The lowest BCUT2D eigenvalue weighted by Crippen LogP contribution is -2.11. The molecule has 0 heteroatoms. The molecule has 0 saturated heterocycles. The molecule has 68 valence electrons. The first-order valence-corrected chi connectivity index (χ1v) is 4.84. The zero-order chi connectivity index (χ0) is 9.19. The summed E-state index contributed by atoms with van der Waals surface area (Å²) in [5.41, 5.74) is 2.05. The summed E-state index contributed by atoms with van der Waals surface area (Å²) in [5, 5.41) is 0. The van der Waals surface area contributed by atoms with Gasteiger partial charge in [-0.05, 0) is 24.2 Å². The third-order valence-corrected chi connectivity index (χ3v) is 2.30. The van der Waals surface area contributed by atoms with E-state index in [1.54, 1.807) is 5.57 Å². The Morgan fingerprint density at radius 2 is 2.08 bits per heavy atom. The van der Waals surface area contributed by atoms with Gasteiger partial charge in [-0.3, -0.25) is 0 Å². The molecule has 0 aromatic rings. The summed E-state index contributed by atoms with van der Waals surface area (Å²) in [7, 11) is 0. The molecule has 0 aliphatic heterocycles. The third kappa shape index (κ3) is 2.84. The molecule has 0 bridgehead atoms. The van der Waals surface area contributed by atoms with Crippen molar-refractivity contribution in [2.24, 2.45) is 11.3 Å². The van der Waals surface area contributed by atoms with Crippen molar-refractivity contribution in [1.29, 1.82) is 0 Å². The van der Waals surface area contributed by atoms with Crippen LogP contribution in [0.4, 0.5) is 0 Å². The molecular formula is C12H20. The standard InChI is InChI=1S/C12H20/c1-10-7-5-6-8-11(10)9-12(2,3)4/h5-6,8,10H,7,9H2,1-4H3/t10-/m1/s1. The van der Waals surface area contributed by atoms with Gasteiger partial charge < -0.3 is 0 Å². The predicted molar refractivity (Wildman–Crippen MR) is 55.1 cm³/mol. The maximum Gasteiger partial charge on any atom is -0.0194 e. The van der Waals surface area contributed by atoms with E-state index in [-0.39, 0.29) is 0 Å². The third-order valence-electron chi connectivity index (χ3n) is 2.30. The van der Waals surface area contributed by atoms with Crippen LogP contribution in [0.1, 0.15) is 40.5 Å². The number of rotatable bonds is 1. The fraction of sp³-hybridized carbons (Fsp3) is 0.667. The van der Waals surface area contributed by atoms with Crippen LogP contribution in [0, 0.1) is 11.3 Å². The summed E-state index contributed by atoms with van der Waals surface area (Å²) in [6.07, 6.45) is 9.21. The number of allylic oxidation sites excluding steroid dienone is 4. The Morgan fingerprint density at radius 1 is 1.42 bits per heavy atom. The Balaban J connectivity index is 2.62. The fourth-order valence-electron chi connectivity index (χ4n) is 1.64. The van der Waals surface area contributed by atoms with Gasteiger partial charge in [0.15, 0.2) is 0 Å². The van der Waals surface area contributed by atoms with E-state index in [2.05, 4.69) is 45.9 Å². The molecule has 0 heterocycles. The summed E-state index contributed by atoms with van der Waals surface area (Å²) >= 11 is 0. The molecule has 0 aromatic carbocycles. The summed E-state index contributed by atoms with van der Waals surface area (Å²) in [6.45, 7) is 9.23. The monoisotopic (exact) mass is 164 g/mol. The van der Waals surface area contributed by atoms with E-state index in [1.807, 2.05) is 0 Å². The van der Waals surface area contributed by atoms with Crippen molar-refractivity contribution in [3.63, 3.8) is 0 Å². The van der Waals surface area contributed by atoms with Crippen LogP contribution in [0.3, 0.4) is 0 Å². The molecule has 1 aliphatic rings. The van der Waals surface area contributed by atoms with Gasteiger partial charge in [0.2, 0.25) is 0 Å². The molecular weight excluding hydrogens is 144 g/mol. The fourth-order valence-corrected chi connectivity index (χ4v) is 1.64. The lowest BCUT2D eigenvalue weighted by Gasteiger charge is -2.25. The van der Waals surface area contributed by atoms with Gasteiger partial charge >= 0.3 is 0 Å². The molecule has 1 atom stereocenters. The van der Waals surface area contributed by atoms with E-state index >= 15 is 0 Å². The van der Waals surface area contributed by atoms with E-state index in [9.17, 15) is 0 Å². The highest BCUT2D eigenvalue weighted by Gasteiger charge is 2.17. The molecule has 1 aliphatic carbocycles. The van der Waals surface area contributed by atoms with Crippen molar-refractivity contribution in [3.8, 4) is 0 Å². The first-order valence-electron chi connectivity index (χ1n) is 4.84. The van der Waals surface area contributed by atoms with Gasteiger partial charge in [0, 0.05) is 0 Å². The number of hydrogen-bond acceptors (Lipinski definition) is 0. The number of hydrogen-bond donors (Lipinski definition) is 0. The van der Waals surface area contributed by atoms with Crippen molar-refractivity contribution in [2.45, 2.75) is 40.5 Å². The van der Waals surface area contributed by atoms with Crippen LogP contribution in [-0.4, -0.2) is 0 Å². The molecule has 0 spiro atoms. The van der Waals surface area contributed by atoms with E-state index in [4.69, 9.17) is 0 Å². The lowest BCUT2D eigenvalue weighted by atomic mass is 9.81. The zero-order valence-electron chi connectivity index (χ0n) is 8.72. The SMILES string of the molecule is C[C@@H]1CC=CC=C1CC(C)(C)C. The summed E-state index contributed by atoms with van der Waals surface area (Å²) in [5.74, 6) is 0.759. The molecule has 0 amide bonds. The topological polar surface area (TPSA) is 0 Å². The van der Waals surface area contributed by atoms with Crippen molar-refractivity contribution in [2.75, 3.05) is 0 Å². The average molecular weight is 164 g/mol. The maximum atomic E-state index is 2.32. The highest BCUT2D eigenvalue weighted by atomic mass is 14.2. The Hall–Kier alpha value is -0.520. The van der Waals surface area contributed by atoms with Crippen molar-refractivity contribution in [1.82, 2.24) is 0 Å². The first-order chi connectivity index (χ1) is 5.49. The van der Waals surface area contributed by atoms with Gasteiger partial charge in [-0.1, -0.05) is 51.5 Å². The second-order valence-corrected chi connectivity index (χ2v) is 5.04. The van der Waals surface area contributed by atoms with Crippen LogP contribution >= 0.6 is 0 Å². The molecule has 1 rings (SSSR count). The van der Waals surface area contributed by atoms with Gasteiger partial charge in [-0.2, -0.15) is 0 Å². The van der Waals surface area contributed by atoms with E-state index < -0.39 is 0 Å². The Labute approximate surface area is 76.4 Å². The summed E-state index contributed by atoms with van der Waals surface area (Å²) in [4.78, 5) is 0. The van der Waals surface area contributed by atoms with Crippen molar-refractivity contribution < 1.29 is 0 Å². The quantitative estimate of drug-likeness (QED) is 0.550. The highest BCUT2D eigenvalue weighted by Crippen LogP contribution is 2.31. The van der Waals surface area contributed by atoms with Crippen molar-refractivity contribution in [3.05, 3.63) is 23.8 Å². The van der Waals surface area contributed by atoms with Crippen molar-refractivity contribution >= 4 is 0 Å². The molecule has 0 radical (unpaired) electrons. The summed E-state index contributed by atoms with van der Waals surface area (Å²) in [6, 6.07) is 0. The van der Waals surface area contributed by atoms with Crippen LogP contribution < -0.4 is 0 Å². The van der Waals surface area contributed by atoms with Crippen LogP contribution in [0.5, 0.6) is 0 Å². The van der Waals surface area contributed by atoms with Crippen LogP contribution in [0.25, 0.3) is 0 Å². The van der Waals surface area contributed by atoms with E-state index in [1.165, 1.54) is 12.8 Å². The molecule has 0 saturated carbocycles. The average Bonchev–Trinajstić information content (AvgIpc) is 1.91. The Morgan fingerprint density at radius 3 is 2.58 bits per heavy atom. The molecule has 0 fully saturated rings. The minimum atomic E-state index is 0.436. The summed E-state index contributed by atoms with van der Waals surface area (Å²) < 4.78 is 0. The van der Waals surface area contributed by atoms with Crippen LogP contribution in [-0.2, 0) is 0 Å². The zero-order valence-corrected chi connectivity index (χ0v) is 8.72. The Bertz CT molecular complexity index is 201. The van der Waals surface area contributed by atoms with Gasteiger partial charge in [-0.15, -0.1) is 0 Å². The van der Waals surface area contributed by atoms with Gasteiger partial charge in [-0.25, -0.2) is 0 Å². The Kier molecular flexibility index (Phi) is 2.76. The van der Waals surface area contributed by atoms with E-state index in [0.29, 0.717) is 5.41 Å². The highest BCUT2D eigenvalue weighted by molar-refractivity contribution is 5.21. The van der Waals surface area contributed by atoms with E-state index in [0.717, 1.165) is 5.92 Å². The largest absolute Gasteiger partial charge is 0.0840 e. The van der Waals surface area contributed by atoms with Gasteiger partial charge in [0.1, 0.15) is 0 Å². The minimum absolute atomic E-state index is 0.436. The van der Waals surface area contributed by atoms with Gasteiger partial charge in [0.25, 0.3) is 0 Å². The minimum Gasteiger partial charge on any atom is -0.0840 e.